The Kier molecular flexibility index (Phi) is 4.01. The number of rotatable bonds is 1. The molecule has 0 fully saturated rings. The van der Waals surface area contributed by atoms with Gasteiger partial charge in [-0.1, -0.05) is 5.57 Å². The quantitative estimate of drug-likeness (QED) is 0.472. The van der Waals surface area contributed by atoms with Gasteiger partial charge in [0.25, 0.3) is 0 Å². The fourth-order valence-corrected chi connectivity index (χ4v) is 0.801. The smallest absolute Gasteiger partial charge is 0.0987 e. The number of hydrogen-bond donors (Lipinski definition) is 1. The molecule has 1 N–H and O–H groups in total. The summed E-state index contributed by atoms with van der Waals surface area (Å²) >= 11 is 0. The Morgan fingerprint density at radius 2 is 1.67 bits per heavy atom. The summed E-state index contributed by atoms with van der Waals surface area (Å²) < 4.78 is 0. The number of nitrogens with one attached hydrogen (secondary N) is 1. The fraction of sp³-hybridized carbons (Fsp3) is 0.700. The first-order valence-electron chi connectivity index (χ1n) is 4.27. The van der Waals surface area contributed by atoms with Crippen molar-refractivity contribution in [3.05, 3.63) is 11.8 Å². The molecule has 0 aliphatic carbocycles. The summed E-state index contributed by atoms with van der Waals surface area (Å²) in [6, 6.07) is 0. The standard InChI is InChI=1S/C10H20N2/c1-8(2)7-11-9(3)12-10(4,5)6/h7H,1-6H3,(H,11,12). The first-order valence-corrected chi connectivity index (χ1v) is 4.27. The summed E-state index contributed by atoms with van der Waals surface area (Å²) in [5.41, 5.74) is 1.31. The van der Waals surface area contributed by atoms with Crippen LogP contribution in [0.25, 0.3) is 0 Å². The summed E-state index contributed by atoms with van der Waals surface area (Å²) in [6.45, 7) is 12.4. The van der Waals surface area contributed by atoms with Crippen molar-refractivity contribution < 1.29 is 0 Å². The third-order valence-electron chi connectivity index (χ3n) is 1.07. The molecule has 2 nitrogen and oxygen atoms in total. The van der Waals surface area contributed by atoms with Crippen LogP contribution in [0, 0.1) is 0 Å². The number of nitrogens with zero attached hydrogens (tertiary/aromatic N) is 1. The summed E-state index contributed by atoms with van der Waals surface area (Å²) in [6.07, 6.45) is 1.87. The van der Waals surface area contributed by atoms with E-state index in [0.717, 1.165) is 5.84 Å². The van der Waals surface area contributed by atoms with Crippen LogP contribution < -0.4 is 5.32 Å². The van der Waals surface area contributed by atoms with Gasteiger partial charge in [0.2, 0.25) is 0 Å². The SMILES string of the molecule is CC(C)=C/N=C(\C)NC(C)(C)C. The van der Waals surface area contributed by atoms with Gasteiger partial charge in [0.05, 0.1) is 5.84 Å². The minimum Gasteiger partial charge on any atom is -0.369 e. The number of aliphatic imine (C=N–C) groups is 1. The van der Waals surface area contributed by atoms with E-state index in [-0.39, 0.29) is 5.54 Å². The van der Waals surface area contributed by atoms with Gasteiger partial charge in [-0.15, -0.1) is 0 Å². The minimum atomic E-state index is 0.100. The van der Waals surface area contributed by atoms with Crippen LogP contribution >= 0.6 is 0 Å². The van der Waals surface area contributed by atoms with Gasteiger partial charge in [-0.05, 0) is 41.5 Å². The van der Waals surface area contributed by atoms with Gasteiger partial charge >= 0.3 is 0 Å². The molecule has 0 saturated carbocycles. The van der Waals surface area contributed by atoms with Crippen LogP contribution in [-0.4, -0.2) is 11.4 Å². The van der Waals surface area contributed by atoms with Crippen LogP contribution in [0.3, 0.4) is 0 Å². The van der Waals surface area contributed by atoms with Crippen molar-refractivity contribution in [3.63, 3.8) is 0 Å². The first kappa shape index (κ1) is 11.2. The molecule has 0 aliphatic heterocycles. The summed E-state index contributed by atoms with van der Waals surface area (Å²) in [7, 11) is 0. The van der Waals surface area contributed by atoms with E-state index in [4.69, 9.17) is 0 Å². The molecular weight excluding hydrogens is 148 g/mol. The molecule has 0 atom stereocenters. The third-order valence-corrected chi connectivity index (χ3v) is 1.07. The Morgan fingerprint density at radius 3 is 2.00 bits per heavy atom. The highest BCUT2D eigenvalue weighted by Gasteiger charge is 2.08. The first-order chi connectivity index (χ1) is 5.31. The zero-order valence-corrected chi connectivity index (χ0v) is 9.02. The van der Waals surface area contributed by atoms with E-state index in [2.05, 4.69) is 31.1 Å². The van der Waals surface area contributed by atoms with E-state index >= 15 is 0 Å². The Bertz CT molecular complexity index is 190. The molecule has 0 spiro atoms. The topological polar surface area (TPSA) is 24.4 Å². The predicted octanol–water partition coefficient (Wildman–Crippen LogP) is 2.72. The lowest BCUT2D eigenvalue weighted by Crippen LogP contribution is -2.39. The zero-order valence-electron chi connectivity index (χ0n) is 9.02. The maximum atomic E-state index is 4.25. The van der Waals surface area contributed by atoms with Crippen molar-refractivity contribution in [2.45, 2.75) is 47.1 Å². The average molecular weight is 168 g/mol. The molecule has 2 heteroatoms. The number of allylic oxidation sites excluding steroid dienone is 1. The highest BCUT2D eigenvalue weighted by molar-refractivity contribution is 5.80. The van der Waals surface area contributed by atoms with Gasteiger partial charge in [0, 0.05) is 11.7 Å². The highest BCUT2D eigenvalue weighted by atomic mass is 15.0. The molecule has 0 aliphatic rings. The highest BCUT2D eigenvalue weighted by Crippen LogP contribution is 1.98. The average Bonchev–Trinajstić information content (AvgIpc) is 1.79. The lowest BCUT2D eigenvalue weighted by molar-refractivity contribution is 0.510. The number of amidine groups is 1. The van der Waals surface area contributed by atoms with E-state index in [1.54, 1.807) is 0 Å². The van der Waals surface area contributed by atoms with Crippen LogP contribution in [0.5, 0.6) is 0 Å². The van der Waals surface area contributed by atoms with E-state index in [1.165, 1.54) is 5.57 Å². The second-order valence-electron chi connectivity index (χ2n) is 4.30. The molecule has 0 saturated heterocycles. The molecule has 0 unspecified atom stereocenters. The van der Waals surface area contributed by atoms with Gasteiger partial charge in [0.15, 0.2) is 0 Å². The third kappa shape index (κ3) is 7.32. The lowest BCUT2D eigenvalue weighted by atomic mass is 10.1. The van der Waals surface area contributed by atoms with E-state index in [9.17, 15) is 0 Å². The largest absolute Gasteiger partial charge is 0.369 e. The molecule has 0 heterocycles. The Morgan fingerprint density at radius 1 is 1.17 bits per heavy atom. The molecule has 0 aromatic heterocycles. The molecule has 0 radical (unpaired) electrons. The molecular formula is C10H20N2. The molecule has 70 valence electrons. The molecule has 12 heavy (non-hydrogen) atoms. The maximum Gasteiger partial charge on any atom is 0.0987 e. The second-order valence-corrected chi connectivity index (χ2v) is 4.30. The van der Waals surface area contributed by atoms with Crippen molar-refractivity contribution in [1.82, 2.24) is 5.32 Å². The van der Waals surface area contributed by atoms with Gasteiger partial charge in [0.1, 0.15) is 0 Å². The normalized spacial score (nSPS) is 12.7. The van der Waals surface area contributed by atoms with Crippen molar-refractivity contribution in [2.24, 2.45) is 4.99 Å². The van der Waals surface area contributed by atoms with E-state index < -0.39 is 0 Å². The molecule has 0 rings (SSSR count). The number of hydrogen-bond acceptors (Lipinski definition) is 1. The van der Waals surface area contributed by atoms with E-state index in [0.29, 0.717) is 0 Å². The summed E-state index contributed by atoms with van der Waals surface area (Å²) in [5.74, 6) is 0.962. The van der Waals surface area contributed by atoms with Crippen LogP contribution in [0.1, 0.15) is 41.5 Å². The van der Waals surface area contributed by atoms with Crippen LogP contribution in [0.2, 0.25) is 0 Å². The van der Waals surface area contributed by atoms with Crippen molar-refractivity contribution >= 4 is 5.84 Å². The fourth-order valence-electron chi connectivity index (χ4n) is 0.801. The van der Waals surface area contributed by atoms with Crippen LogP contribution in [-0.2, 0) is 0 Å². The van der Waals surface area contributed by atoms with Gasteiger partial charge < -0.3 is 5.32 Å². The van der Waals surface area contributed by atoms with Crippen LogP contribution in [0.15, 0.2) is 16.8 Å². The minimum absolute atomic E-state index is 0.100. The molecule has 0 bridgehead atoms. The van der Waals surface area contributed by atoms with Gasteiger partial charge in [-0.3, -0.25) is 0 Å². The van der Waals surface area contributed by atoms with Crippen molar-refractivity contribution in [1.29, 1.82) is 0 Å². The maximum absolute atomic E-state index is 4.25. The Hall–Kier alpha value is -0.790. The second kappa shape index (κ2) is 4.29. The zero-order chi connectivity index (χ0) is 9.78. The molecule has 0 amide bonds. The molecule has 0 aromatic carbocycles. The van der Waals surface area contributed by atoms with Crippen molar-refractivity contribution in [3.8, 4) is 0 Å². The Balaban J connectivity index is 4.13. The monoisotopic (exact) mass is 168 g/mol. The van der Waals surface area contributed by atoms with Crippen molar-refractivity contribution in [2.75, 3.05) is 0 Å². The Labute approximate surface area is 75.8 Å². The van der Waals surface area contributed by atoms with Gasteiger partial charge in [-0.25, -0.2) is 4.99 Å². The molecule has 0 aromatic rings. The summed E-state index contributed by atoms with van der Waals surface area (Å²) in [5, 5.41) is 3.28. The van der Waals surface area contributed by atoms with Crippen LogP contribution in [0.4, 0.5) is 0 Å². The predicted molar refractivity (Wildman–Crippen MR) is 55.4 cm³/mol. The lowest BCUT2D eigenvalue weighted by Gasteiger charge is -2.21. The van der Waals surface area contributed by atoms with Gasteiger partial charge in [-0.2, -0.15) is 0 Å². The summed E-state index contributed by atoms with van der Waals surface area (Å²) in [4.78, 5) is 4.25. The van der Waals surface area contributed by atoms with E-state index in [1.807, 2.05) is 27.0 Å².